The molecule has 1 N–H and O–H groups in total. The van der Waals surface area contributed by atoms with E-state index in [0.29, 0.717) is 0 Å². The Bertz CT molecular complexity index is 469. The molecule has 1 heterocycles. The highest BCUT2D eigenvalue weighted by atomic mass is 19.4. The van der Waals surface area contributed by atoms with Crippen LogP contribution in [-0.4, -0.2) is 4.98 Å². The van der Waals surface area contributed by atoms with Gasteiger partial charge in [0.1, 0.15) is 11.5 Å². The lowest BCUT2D eigenvalue weighted by molar-refractivity contribution is -0.140. The van der Waals surface area contributed by atoms with Crippen LogP contribution in [0, 0.1) is 5.82 Å². The summed E-state index contributed by atoms with van der Waals surface area (Å²) in [6, 6.07) is 4.64. The second kappa shape index (κ2) is 2.73. The summed E-state index contributed by atoms with van der Waals surface area (Å²) in [5, 5.41) is -0.0418. The molecular weight excluding hydrogens is 198 g/mol. The van der Waals surface area contributed by atoms with Gasteiger partial charge < -0.3 is 4.98 Å². The van der Waals surface area contributed by atoms with Crippen LogP contribution in [0.15, 0.2) is 24.3 Å². The maximum atomic E-state index is 13.0. The SMILES string of the molecule is Fc1cccc2[nH]c(C(F)(F)F)cc12. The summed E-state index contributed by atoms with van der Waals surface area (Å²) < 4.78 is 49.6. The second-order valence-corrected chi connectivity index (χ2v) is 2.88. The number of hydrogen-bond acceptors (Lipinski definition) is 0. The van der Waals surface area contributed by atoms with Gasteiger partial charge >= 0.3 is 6.18 Å². The summed E-state index contributed by atoms with van der Waals surface area (Å²) >= 11 is 0. The first-order valence-electron chi connectivity index (χ1n) is 3.83. The molecule has 2 aromatic rings. The van der Waals surface area contributed by atoms with Gasteiger partial charge in [0.25, 0.3) is 0 Å². The summed E-state index contributed by atoms with van der Waals surface area (Å²) in [5.41, 5.74) is -0.782. The van der Waals surface area contributed by atoms with Gasteiger partial charge in [0.05, 0.1) is 0 Å². The third-order valence-corrected chi connectivity index (χ3v) is 1.92. The maximum absolute atomic E-state index is 13.0. The minimum Gasteiger partial charge on any atom is -0.351 e. The monoisotopic (exact) mass is 203 g/mol. The van der Waals surface area contributed by atoms with Crippen molar-refractivity contribution < 1.29 is 17.6 Å². The van der Waals surface area contributed by atoms with Crippen molar-refractivity contribution in [3.05, 3.63) is 35.8 Å². The van der Waals surface area contributed by atoms with Gasteiger partial charge in [0.2, 0.25) is 0 Å². The van der Waals surface area contributed by atoms with Gasteiger partial charge in [-0.15, -0.1) is 0 Å². The van der Waals surface area contributed by atoms with Crippen LogP contribution in [-0.2, 0) is 6.18 Å². The van der Waals surface area contributed by atoms with Gasteiger partial charge in [-0.25, -0.2) is 4.39 Å². The Balaban J connectivity index is 2.69. The average Bonchev–Trinajstić information content (AvgIpc) is 2.48. The fraction of sp³-hybridized carbons (Fsp3) is 0.111. The van der Waals surface area contributed by atoms with E-state index in [9.17, 15) is 17.6 Å². The molecule has 1 nitrogen and oxygen atoms in total. The molecule has 0 spiro atoms. The van der Waals surface area contributed by atoms with Crippen molar-refractivity contribution in [2.75, 3.05) is 0 Å². The first-order chi connectivity index (χ1) is 6.48. The molecule has 0 aliphatic rings. The molecule has 0 saturated heterocycles. The van der Waals surface area contributed by atoms with Crippen molar-refractivity contribution in [1.82, 2.24) is 4.98 Å². The highest BCUT2D eigenvalue weighted by Crippen LogP contribution is 2.31. The van der Waals surface area contributed by atoms with Gasteiger partial charge in [-0.1, -0.05) is 6.07 Å². The van der Waals surface area contributed by atoms with E-state index in [0.717, 1.165) is 12.1 Å². The Morgan fingerprint density at radius 1 is 1.14 bits per heavy atom. The fourth-order valence-electron chi connectivity index (χ4n) is 1.27. The number of H-pyrrole nitrogens is 1. The highest BCUT2D eigenvalue weighted by Gasteiger charge is 2.32. The second-order valence-electron chi connectivity index (χ2n) is 2.88. The number of hydrogen-bond donors (Lipinski definition) is 1. The van der Waals surface area contributed by atoms with Crippen LogP contribution >= 0.6 is 0 Å². The smallest absolute Gasteiger partial charge is 0.351 e. The number of alkyl halides is 3. The van der Waals surface area contributed by atoms with Crippen molar-refractivity contribution in [2.24, 2.45) is 0 Å². The first kappa shape index (κ1) is 9.05. The fourth-order valence-corrected chi connectivity index (χ4v) is 1.27. The molecule has 0 amide bonds. The van der Waals surface area contributed by atoms with Crippen molar-refractivity contribution >= 4 is 10.9 Å². The zero-order valence-electron chi connectivity index (χ0n) is 6.82. The van der Waals surface area contributed by atoms with Crippen LogP contribution < -0.4 is 0 Å². The summed E-state index contributed by atoms with van der Waals surface area (Å²) in [5.74, 6) is -0.658. The van der Waals surface area contributed by atoms with Crippen LogP contribution in [0.5, 0.6) is 0 Å². The number of rotatable bonds is 0. The number of aromatic amines is 1. The molecule has 0 aliphatic heterocycles. The summed E-state index contributed by atoms with van der Waals surface area (Å²) in [6.07, 6.45) is -4.47. The molecule has 74 valence electrons. The minimum atomic E-state index is -4.47. The predicted molar refractivity (Wildman–Crippen MR) is 43.3 cm³/mol. The topological polar surface area (TPSA) is 15.8 Å². The van der Waals surface area contributed by atoms with Crippen molar-refractivity contribution in [3.8, 4) is 0 Å². The zero-order valence-corrected chi connectivity index (χ0v) is 6.82. The Labute approximate surface area is 76.3 Å². The number of nitrogens with one attached hydrogen (secondary N) is 1. The van der Waals surface area contributed by atoms with Crippen LogP contribution in [0.2, 0.25) is 0 Å². The quantitative estimate of drug-likeness (QED) is 0.632. The Kier molecular flexibility index (Phi) is 1.77. The van der Waals surface area contributed by atoms with Crippen LogP contribution in [0.4, 0.5) is 17.6 Å². The van der Waals surface area contributed by atoms with Gasteiger partial charge in [-0.3, -0.25) is 0 Å². The minimum absolute atomic E-state index is 0.0418. The van der Waals surface area contributed by atoms with Crippen molar-refractivity contribution in [1.29, 1.82) is 0 Å². The van der Waals surface area contributed by atoms with E-state index in [-0.39, 0.29) is 10.9 Å². The molecule has 0 fully saturated rings. The van der Waals surface area contributed by atoms with E-state index in [2.05, 4.69) is 4.98 Å². The molecule has 5 heteroatoms. The van der Waals surface area contributed by atoms with E-state index < -0.39 is 17.7 Å². The highest BCUT2D eigenvalue weighted by molar-refractivity contribution is 5.81. The van der Waals surface area contributed by atoms with Gasteiger partial charge in [0.15, 0.2) is 0 Å². The Morgan fingerprint density at radius 3 is 2.43 bits per heavy atom. The number of aromatic nitrogens is 1. The Hall–Kier alpha value is -1.52. The zero-order chi connectivity index (χ0) is 10.3. The number of benzene rings is 1. The maximum Gasteiger partial charge on any atom is 0.431 e. The molecule has 1 aromatic heterocycles. The molecule has 2 rings (SSSR count). The van der Waals surface area contributed by atoms with E-state index in [1.807, 2.05) is 0 Å². The van der Waals surface area contributed by atoms with E-state index in [1.165, 1.54) is 12.1 Å². The summed E-state index contributed by atoms with van der Waals surface area (Å²) in [4.78, 5) is 2.11. The van der Waals surface area contributed by atoms with E-state index in [4.69, 9.17) is 0 Å². The van der Waals surface area contributed by atoms with E-state index >= 15 is 0 Å². The standard InChI is InChI=1S/C9H5F4N/c10-6-2-1-3-7-5(6)4-8(14-7)9(11,12)13/h1-4,14H. The molecule has 0 bridgehead atoms. The van der Waals surface area contributed by atoms with Crippen molar-refractivity contribution in [3.63, 3.8) is 0 Å². The van der Waals surface area contributed by atoms with Gasteiger partial charge in [-0.2, -0.15) is 13.2 Å². The number of fused-ring (bicyclic) bond motifs is 1. The first-order valence-corrected chi connectivity index (χ1v) is 3.83. The molecule has 0 saturated carbocycles. The third-order valence-electron chi connectivity index (χ3n) is 1.92. The Morgan fingerprint density at radius 2 is 1.86 bits per heavy atom. The lowest BCUT2D eigenvalue weighted by atomic mass is 10.2. The van der Waals surface area contributed by atoms with Gasteiger partial charge in [-0.05, 0) is 18.2 Å². The average molecular weight is 203 g/mol. The molecule has 1 aromatic carbocycles. The van der Waals surface area contributed by atoms with Crippen molar-refractivity contribution in [2.45, 2.75) is 6.18 Å². The molecule has 0 aliphatic carbocycles. The lowest BCUT2D eigenvalue weighted by Crippen LogP contribution is -2.04. The predicted octanol–water partition coefficient (Wildman–Crippen LogP) is 3.33. The van der Waals surface area contributed by atoms with E-state index in [1.54, 1.807) is 0 Å². The molecule has 0 radical (unpaired) electrons. The molecule has 0 unspecified atom stereocenters. The van der Waals surface area contributed by atoms with Crippen LogP contribution in [0.3, 0.4) is 0 Å². The number of halogens is 4. The molecule has 14 heavy (non-hydrogen) atoms. The summed E-state index contributed by atoms with van der Waals surface area (Å²) in [6.45, 7) is 0. The third kappa shape index (κ3) is 1.34. The van der Waals surface area contributed by atoms with Crippen LogP contribution in [0.25, 0.3) is 10.9 Å². The largest absolute Gasteiger partial charge is 0.431 e. The molecule has 0 atom stereocenters. The van der Waals surface area contributed by atoms with Gasteiger partial charge in [0, 0.05) is 10.9 Å². The summed E-state index contributed by atoms with van der Waals surface area (Å²) in [7, 11) is 0. The van der Waals surface area contributed by atoms with Crippen LogP contribution in [0.1, 0.15) is 5.69 Å². The lowest BCUT2D eigenvalue weighted by Gasteiger charge is -2.00. The normalized spacial score (nSPS) is 12.3. The molecular formula is C9H5F4N.